The monoisotopic (exact) mass is 480 g/mol. The fraction of sp³-hybridized carbons (Fsp3) is 0.370. The summed E-state index contributed by atoms with van der Waals surface area (Å²) in [5.74, 6) is 0.180. The Morgan fingerprint density at radius 1 is 1.00 bits per heavy atom. The second kappa shape index (κ2) is 11.3. The van der Waals surface area contributed by atoms with Gasteiger partial charge in [0.15, 0.2) is 0 Å². The van der Waals surface area contributed by atoms with E-state index in [4.69, 9.17) is 11.6 Å². The Bertz CT molecular complexity index is 1120. The Kier molecular flexibility index (Phi) is 8.51. The van der Waals surface area contributed by atoms with Crippen molar-refractivity contribution in [2.45, 2.75) is 64.8 Å². The standard InChI is InChI=1S/C27H33ClN4O2/c1-19(13-14-20-9-6-5-7-10-20)29-25(33)15-16-26(34)30-24-18-23(27(2,3)4)31-32(24)22-12-8-11-21(28)17-22/h5-12,17-19H,13-16H2,1-4H3,(H,29,33)(H,30,34). The van der Waals surface area contributed by atoms with Crippen molar-refractivity contribution in [3.63, 3.8) is 0 Å². The summed E-state index contributed by atoms with van der Waals surface area (Å²) in [6.45, 7) is 8.17. The maximum absolute atomic E-state index is 12.7. The van der Waals surface area contributed by atoms with Crippen LogP contribution < -0.4 is 10.6 Å². The van der Waals surface area contributed by atoms with Gasteiger partial charge in [0.05, 0.1) is 11.4 Å². The summed E-state index contributed by atoms with van der Waals surface area (Å²) in [5.41, 5.74) is 2.64. The van der Waals surface area contributed by atoms with Gasteiger partial charge < -0.3 is 10.6 Å². The first-order valence-corrected chi connectivity index (χ1v) is 12.0. The molecule has 0 spiro atoms. The van der Waals surface area contributed by atoms with E-state index in [-0.39, 0.29) is 36.1 Å². The van der Waals surface area contributed by atoms with Crippen molar-refractivity contribution in [1.29, 1.82) is 0 Å². The minimum absolute atomic E-state index is 0.0365. The zero-order chi connectivity index (χ0) is 24.7. The van der Waals surface area contributed by atoms with Crippen LogP contribution in [0.3, 0.4) is 0 Å². The maximum Gasteiger partial charge on any atom is 0.226 e. The highest BCUT2D eigenvalue weighted by Crippen LogP contribution is 2.27. The molecule has 0 radical (unpaired) electrons. The van der Waals surface area contributed by atoms with Crippen LogP contribution in [0.4, 0.5) is 5.82 Å². The average Bonchev–Trinajstić information content (AvgIpc) is 3.21. The lowest BCUT2D eigenvalue weighted by Crippen LogP contribution is -2.33. The second-order valence-corrected chi connectivity index (χ2v) is 10.0. The van der Waals surface area contributed by atoms with Crippen molar-refractivity contribution < 1.29 is 9.59 Å². The van der Waals surface area contributed by atoms with Crippen molar-refractivity contribution in [2.24, 2.45) is 0 Å². The Hall–Kier alpha value is -3.12. The molecule has 1 heterocycles. The lowest BCUT2D eigenvalue weighted by molar-refractivity contribution is -0.124. The van der Waals surface area contributed by atoms with E-state index in [1.807, 2.05) is 43.3 Å². The first kappa shape index (κ1) is 25.5. The molecule has 2 N–H and O–H groups in total. The third-order valence-electron chi connectivity index (χ3n) is 5.49. The third-order valence-corrected chi connectivity index (χ3v) is 5.73. The third kappa shape index (κ3) is 7.45. The molecule has 3 aromatic rings. The number of anilines is 1. The molecule has 6 nitrogen and oxygen atoms in total. The average molecular weight is 481 g/mol. The highest BCUT2D eigenvalue weighted by atomic mass is 35.5. The molecule has 1 atom stereocenters. The summed E-state index contributed by atoms with van der Waals surface area (Å²) in [6, 6.07) is 19.4. The maximum atomic E-state index is 12.7. The Morgan fingerprint density at radius 2 is 1.71 bits per heavy atom. The fourth-order valence-electron chi connectivity index (χ4n) is 3.52. The van der Waals surface area contributed by atoms with E-state index in [9.17, 15) is 9.59 Å². The number of halogens is 1. The molecule has 0 aliphatic rings. The van der Waals surface area contributed by atoms with Crippen molar-refractivity contribution in [3.05, 3.63) is 76.9 Å². The molecule has 0 bridgehead atoms. The molecule has 0 fully saturated rings. The van der Waals surface area contributed by atoms with Gasteiger partial charge >= 0.3 is 0 Å². The van der Waals surface area contributed by atoms with E-state index < -0.39 is 0 Å². The number of rotatable bonds is 9. The smallest absolute Gasteiger partial charge is 0.226 e. The Balaban J connectivity index is 1.56. The normalized spacial score (nSPS) is 12.3. The van der Waals surface area contributed by atoms with Crippen LogP contribution in [0, 0.1) is 0 Å². The molecular formula is C27H33ClN4O2. The van der Waals surface area contributed by atoms with E-state index in [1.54, 1.807) is 16.8 Å². The van der Waals surface area contributed by atoms with Gasteiger partial charge in [-0.1, -0.05) is 68.8 Å². The summed E-state index contributed by atoms with van der Waals surface area (Å²) in [5, 5.41) is 11.2. The molecule has 7 heteroatoms. The number of hydrogen-bond donors (Lipinski definition) is 2. The van der Waals surface area contributed by atoms with Crippen LogP contribution in [0.2, 0.25) is 5.02 Å². The van der Waals surface area contributed by atoms with Crippen LogP contribution in [-0.2, 0) is 21.4 Å². The molecular weight excluding hydrogens is 448 g/mol. The summed E-state index contributed by atoms with van der Waals surface area (Å²) >= 11 is 6.16. The van der Waals surface area contributed by atoms with Gasteiger partial charge in [0, 0.05) is 35.4 Å². The van der Waals surface area contributed by atoms with E-state index in [0.29, 0.717) is 10.8 Å². The largest absolute Gasteiger partial charge is 0.354 e. The van der Waals surface area contributed by atoms with Crippen molar-refractivity contribution in [3.8, 4) is 5.69 Å². The minimum atomic E-state index is -0.240. The summed E-state index contributed by atoms with van der Waals surface area (Å²) in [6.07, 6.45) is 1.95. The van der Waals surface area contributed by atoms with E-state index in [0.717, 1.165) is 24.2 Å². The predicted molar refractivity (Wildman–Crippen MR) is 138 cm³/mol. The number of carbonyl (C=O) groups is 2. The van der Waals surface area contributed by atoms with Crippen molar-refractivity contribution in [1.82, 2.24) is 15.1 Å². The summed E-state index contributed by atoms with van der Waals surface area (Å²) in [4.78, 5) is 25.0. The van der Waals surface area contributed by atoms with Gasteiger partial charge in [-0.2, -0.15) is 5.10 Å². The number of carbonyl (C=O) groups excluding carboxylic acids is 2. The SMILES string of the molecule is CC(CCc1ccccc1)NC(=O)CCC(=O)Nc1cc(C(C)(C)C)nn1-c1cccc(Cl)c1. The predicted octanol–water partition coefficient (Wildman–Crippen LogP) is 5.68. The van der Waals surface area contributed by atoms with Crippen LogP contribution in [0.15, 0.2) is 60.7 Å². The number of nitrogens with one attached hydrogen (secondary N) is 2. The zero-order valence-corrected chi connectivity index (χ0v) is 21.0. The highest BCUT2D eigenvalue weighted by molar-refractivity contribution is 6.30. The lowest BCUT2D eigenvalue weighted by atomic mass is 9.92. The van der Waals surface area contributed by atoms with Gasteiger partial charge in [0.25, 0.3) is 0 Å². The topological polar surface area (TPSA) is 76.0 Å². The van der Waals surface area contributed by atoms with Crippen LogP contribution in [-0.4, -0.2) is 27.6 Å². The molecule has 2 aromatic carbocycles. The molecule has 180 valence electrons. The molecule has 1 unspecified atom stereocenters. The van der Waals surface area contributed by atoms with Crippen molar-refractivity contribution >= 4 is 29.2 Å². The number of amides is 2. The van der Waals surface area contributed by atoms with E-state index in [2.05, 4.69) is 48.6 Å². The Labute approximate surface area is 206 Å². The number of hydrogen-bond acceptors (Lipinski definition) is 3. The summed E-state index contributed by atoms with van der Waals surface area (Å²) in [7, 11) is 0. The molecule has 0 saturated carbocycles. The fourth-order valence-corrected chi connectivity index (χ4v) is 3.71. The minimum Gasteiger partial charge on any atom is -0.354 e. The quantitative estimate of drug-likeness (QED) is 0.413. The Morgan fingerprint density at radius 3 is 2.38 bits per heavy atom. The molecule has 0 aliphatic carbocycles. The number of aryl methyl sites for hydroxylation is 1. The zero-order valence-electron chi connectivity index (χ0n) is 20.3. The summed E-state index contributed by atoms with van der Waals surface area (Å²) < 4.78 is 1.68. The van der Waals surface area contributed by atoms with E-state index >= 15 is 0 Å². The van der Waals surface area contributed by atoms with Gasteiger partial charge in [-0.15, -0.1) is 0 Å². The number of nitrogens with zero attached hydrogens (tertiary/aromatic N) is 2. The highest BCUT2D eigenvalue weighted by Gasteiger charge is 2.22. The first-order valence-electron chi connectivity index (χ1n) is 11.6. The first-order chi connectivity index (χ1) is 16.1. The number of benzene rings is 2. The van der Waals surface area contributed by atoms with Crippen LogP contribution in [0.5, 0.6) is 0 Å². The molecule has 2 amide bonds. The second-order valence-electron chi connectivity index (χ2n) is 9.60. The molecule has 34 heavy (non-hydrogen) atoms. The molecule has 1 aromatic heterocycles. The lowest BCUT2D eigenvalue weighted by Gasteiger charge is -2.14. The van der Waals surface area contributed by atoms with Crippen LogP contribution in [0.1, 0.15) is 58.2 Å². The van der Waals surface area contributed by atoms with Gasteiger partial charge in [-0.05, 0) is 43.5 Å². The van der Waals surface area contributed by atoms with Crippen LogP contribution in [0.25, 0.3) is 5.69 Å². The van der Waals surface area contributed by atoms with Crippen molar-refractivity contribution in [2.75, 3.05) is 5.32 Å². The molecule has 0 saturated heterocycles. The van der Waals surface area contributed by atoms with Gasteiger partial charge in [0.2, 0.25) is 11.8 Å². The molecule has 0 aliphatic heterocycles. The van der Waals surface area contributed by atoms with Gasteiger partial charge in [0.1, 0.15) is 5.82 Å². The number of aromatic nitrogens is 2. The van der Waals surface area contributed by atoms with Gasteiger partial charge in [-0.25, -0.2) is 4.68 Å². The van der Waals surface area contributed by atoms with E-state index in [1.165, 1.54) is 5.56 Å². The van der Waals surface area contributed by atoms with Crippen LogP contribution >= 0.6 is 11.6 Å². The molecule has 3 rings (SSSR count). The van der Waals surface area contributed by atoms with Gasteiger partial charge in [-0.3, -0.25) is 9.59 Å².